The second-order valence-electron chi connectivity index (χ2n) is 3.83. The van der Waals surface area contributed by atoms with Crippen LogP contribution in [-0.2, 0) is 16.0 Å². The average Bonchev–Trinajstić information content (AvgIpc) is 2.86. The SMILES string of the molecule is CCNC(CCSc1nc(CC)ns1)C(=O)OCC. The maximum atomic E-state index is 11.7. The Hall–Kier alpha value is -0.660. The van der Waals surface area contributed by atoms with E-state index < -0.39 is 0 Å². The van der Waals surface area contributed by atoms with Crippen molar-refractivity contribution < 1.29 is 9.53 Å². The predicted molar refractivity (Wildman–Crippen MR) is 78.7 cm³/mol. The number of carbonyl (C=O) groups excluding carboxylic acids is 1. The van der Waals surface area contributed by atoms with Crippen LogP contribution in [0.4, 0.5) is 0 Å². The van der Waals surface area contributed by atoms with Gasteiger partial charge in [0.05, 0.1) is 6.61 Å². The fourth-order valence-corrected chi connectivity index (χ4v) is 3.27. The van der Waals surface area contributed by atoms with Gasteiger partial charge in [0.1, 0.15) is 11.9 Å². The summed E-state index contributed by atoms with van der Waals surface area (Å²) in [5, 5.41) is 3.15. The summed E-state index contributed by atoms with van der Waals surface area (Å²) in [4.78, 5) is 16.1. The summed E-state index contributed by atoms with van der Waals surface area (Å²) in [6.07, 6.45) is 1.60. The predicted octanol–water partition coefficient (Wildman–Crippen LogP) is 2.12. The van der Waals surface area contributed by atoms with Crippen molar-refractivity contribution in [2.75, 3.05) is 18.9 Å². The van der Waals surface area contributed by atoms with Crippen LogP contribution in [0.1, 0.15) is 33.0 Å². The molecule has 0 fully saturated rings. The average molecular weight is 303 g/mol. The van der Waals surface area contributed by atoms with Crippen LogP contribution >= 0.6 is 23.3 Å². The molecule has 0 aromatic carbocycles. The highest BCUT2D eigenvalue weighted by Crippen LogP contribution is 2.21. The Balaban J connectivity index is 2.36. The number of nitrogens with one attached hydrogen (secondary N) is 1. The summed E-state index contributed by atoms with van der Waals surface area (Å²) in [6, 6.07) is -0.226. The quantitative estimate of drug-likeness (QED) is 0.557. The number of carbonyl (C=O) groups is 1. The molecule has 1 unspecified atom stereocenters. The molecule has 0 amide bonds. The molecule has 7 heteroatoms. The number of ether oxygens (including phenoxy) is 1. The smallest absolute Gasteiger partial charge is 0.323 e. The molecule has 1 atom stereocenters. The van der Waals surface area contributed by atoms with Gasteiger partial charge in [0.25, 0.3) is 0 Å². The number of thioether (sulfide) groups is 1. The van der Waals surface area contributed by atoms with Crippen molar-refractivity contribution in [3.8, 4) is 0 Å². The molecule has 1 N–H and O–H groups in total. The molecule has 1 aromatic rings. The fourth-order valence-electron chi connectivity index (χ4n) is 1.50. The van der Waals surface area contributed by atoms with Crippen molar-refractivity contribution in [3.63, 3.8) is 0 Å². The molecule has 0 bridgehead atoms. The highest BCUT2D eigenvalue weighted by molar-refractivity contribution is 8.00. The molecular weight excluding hydrogens is 282 g/mol. The first-order chi connectivity index (χ1) is 9.21. The molecule has 1 heterocycles. The van der Waals surface area contributed by atoms with Gasteiger partial charge >= 0.3 is 5.97 Å². The van der Waals surface area contributed by atoms with Gasteiger partial charge in [0.2, 0.25) is 0 Å². The van der Waals surface area contributed by atoms with E-state index in [1.54, 1.807) is 11.8 Å². The van der Waals surface area contributed by atoms with Gasteiger partial charge in [-0.25, -0.2) is 4.98 Å². The summed E-state index contributed by atoms with van der Waals surface area (Å²) >= 11 is 3.07. The van der Waals surface area contributed by atoms with Gasteiger partial charge < -0.3 is 10.1 Å². The van der Waals surface area contributed by atoms with Crippen LogP contribution in [-0.4, -0.2) is 40.3 Å². The van der Waals surface area contributed by atoms with Crippen LogP contribution in [0.5, 0.6) is 0 Å². The van der Waals surface area contributed by atoms with Crippen molar-refractivity contribution >= 4 is 29.3 Å². The van der Waals surface area contributed by atoms with Gasteiger partial charge in [0, 0.05) is 12.2 Å². The maximum absolute atomic E-state index is 11.7. The van der Waals surface area contributed by atoms with Crippen molar-refractivity contribution in [2.45, 2.75) is 44.0 Å². The van der Waals surface area contributed by atoms with Gasteiger partial charge in [-0.15, -0.1) is 0 Å². The van der Waals surface area contributed by atoms with Crippen molar-refractivity contribution in [1.29, 1.82) is 0 Å². The Morgan fingerprint density at radius 2 is 2.26 bits per heavy atom. The van der Waals surface area contributed by atoms with Crippen LogP contribution in [0.15, 0.2) is 4.34 Å². The first-order valence-electron chi connectivity index (χ1n) is 6.56. The van der Waals surface area contributed by atoms with E-state index in [2.05, 4.69) is 14.7 Å². The van der Waals surface area contributed by atoms with Gasteiger partial charge in [-0.2, -0.15) is 4.37 Å². The van der Waals surface area contributed by atoms with Gasteiger partial charge in [-0.3, -0.25) is 4.79 Å². The standard InChI is InChI=1S/C12H21N3O2S2/c1-4-10-14-12(19-15-10)18-8-7-9(13-5-2)11(16)17-6-3/h9,13H,4-8H2,1-3H3. The first-order valence-corrected chi connectivity index (χ1v) is 8.32. The summed E-state index contributed by atoms with van der Waals surface area (Å²) in [7, 11) is 0. The highest BCUT2D eigenvalue weighted by atomic mass is 32.2. The lowest BCUT2D eigenvalue weighted by molar-refractivity contribution is -0.145. The van der Waals surface area contributed by atoms with E-state index >= 15 is 0 Å². The third kappa shape index (κ3) is 5.88. The zero-order valence-electron chi connectivity index (χ0n) is 11.6. The van der Waals surface area contributed by atoms with Crippen molar-refractivity contribution in [1.82, 2.24) is 14.7 Å². The normalized spacial score (nSPS) is 12.4. The topological polar surface area (TPSA) is 64.1 Å². The molecule has 19 heavy (non-hydrogen) atoms. The van der Waals surface area contributed by atoms with E-state index in [0.29, 0.717) is 6.61 Å². The number of esters is 1. The number of aromatic nitrogens is 2. The molecule has 0 saturated carbocycles. The van der Waals surface area contributed by atoms with Crippen molar-refractivity contribution in [2.24, 2.45) is 0 Å². The highest BCUT2D eigenvalue weighted by Gasteiger charge is 2.18. The second-order valence-corrected chi connectivity index (χ2v) is 5.92. The van der Waals surface area contributed by atoms with E-state index in [1.807, 2.05) is 20.8 Å². The van der Waals surface area contributed by atoms with Crippen LogP contribution < -0.4 is 5.32 Å². The Labute approximate surface area is 122 Å². The van der Waals surface area contributed by atoms with Crippen LogP contribution in [0.3, 0.4) is 0 Å². The summed E-state index contributed by atoms with van der Waals surface area (Å²) in [5.74, 6) is 1.55. The molecule has 0 aliphatic heterocycles. The molecule has 0 aliphatic carbocycles. The van der Waals surface area contributed by atoms with E-state index in [4.69, 9.17) is 4.74 Å². The Morgan fingerprint density at radius 3 is 2.84 bits per heavy atom. The summed E-state index contributed by atoms with van der Waals surface area (Å²) in [6.45, 7) is 7.02. The number of likely N-dealkylation sites (N-methyl/N-ethyl adjacent to an activating group) is 1. The molecule has 108 valence electrons. The summed E-state index contributed by atoms with van der Waals surface area (Å²) in [5.41, 5.74) is 0. The van der Waals surface area contributed by atoms with Gasteiger partial charge in [0.15, 0.2) is 4.34 Å². The minimum absolute atomic E-state index is 0.170. The number of aryl methyl sites for hydroxylation is 1. The molecule has 1 aromatic heterocycles. The third-order valence-electron chi connectivity index (χ3n) is 2.42. The molecule has 0 aliphatic rings. The summed E-state index contributed by atoms with van der Waals surface area (Å²) < 4.78 is 10.2. The van der Waals surface area contributed by atoms with Gasteiger partial charge in [-0.1, -0.05) is 25.6 Å². The zero-order chi connectivity index (χ0) is 14.1. The fraction of sp³-hybridized carbons (Fsp3) is 0.750. The third-order valence-corrected chi connectivity index (χ3v) is 4.32. The Bertz CT molecular complexity index is 385. The van der Waals surface area contributed by atoms with E-state index in [0.717, 1.165) is 35.3 Å². The molecule has 1 rings (SSSR count). The molecule has 5 nitrogen and oxygen atoms in total. The van der Waals surface area contributed by atoms with Crippen molar-refractivity contribution in [3.05, 3.63) is 5.82 Å². The molecular formula is C12H21N3O2S2. The maximum Gasteiger partial charge on any atom is 0.323 e. The lowest BCUT2D eigenvalue weighted by atomic mass is 10.2. The van der Waals surface area contributed by atoms with Crippen LogP contribution in [0.25, 0.3) is 0 Å². The number of rotatable bonds is 9. The van der Waals surface area contributed by atoms with Crippen LogP contribution in [0, 0.1) is 0 Å². The molecule has 0 spiro atoms. The Kier molecular flexibility index (Phi) is 8.00. The zero-order valence-corrected chi connectivity index (χ0v) is 13.3. The lowest BCUT2D eigenvalue weighted by Crippen LogP contribution is -2.38. The lowest BCUT2D eigenvalue weighted by Gasteiger charge is -2.15. The second kappa shape index (κ2) is 9.28. The van der Waals surface area contributed by atoms with E-state index in [1.165, 1.54) is 11.5 Å². The molecule has 0 radical (unpaired) electrons. The Morgan fingerprint density at radius 1 is 1.47 bits per heavy atom. The van der Waals surface area contributed by atoms with Crippen LogP contribution in [0.2, 0.25) is 0 Å². The largest absolute Gasteiger partial charge is 0.465 e. The number of hydrogen-bond acceptors (Lipinski definition) is 7. The number of hydrogen-bond donors (Lipinski definition) is 1. The van der Waals surface area contributed by atoms with E-state index in [9.17, 15) is 4.79 Å². The van der Waals surface area contributed by atoms with E-state index in [-0.39, 0.29) is 12.0 Å². The molecule has 0 saturated heterocycles. The van der Waals surface area contributed by atoms with Gasteiger partial charge in [-0.05, 0) is 31.4 Å². The monoisotopic (exact) mass is 303 g/mol. The minimum atomic E-state index is -0.226. The number of nitrogens with zero attached hydrogens (tertiary/aromatic N) is 2. The first kappa shape index (κ1) is 16.4. The minimum Gasteiger partial charge on any atom is -0.465 e.